The van der Waals surface area contributed by atoms with Crippen LogP contribution in [-0.4, -0.2) is 167 Å². The maximum atomic E-state index is 13.3. The number of carbonyl (C=O) groups is 3. The van der Waals surface area contributed by atoms with E-state index in [2.05, 4.69) is 58.5 Å². The van der Waals surface area contributed by atoms with E-state index in [1.54, 1.807) is 17.8 Å². The van der Waals surface area contributed by atoms with Crippen LogP contribution in [-0.2, 0) is 25.9 Å². The van der Waals surface area contributed by atoms with Crippen molar-refractivity contribution in [2.75, 3.05) is 123 Å². The molecule has 0 heterocycles. The second-order valence-electron chi connectivity index (χ2n) is 15.4. The first-order valence-electron chi connectivity index (χ1n) is 23.1. The second-order valence-corrected chi connectivity index (χ2v) is 22.5. The van der Waals surface area contributed by atoms with E-state index in [-0.39, 0.29) is 29.6 Å². The molecule has 0 unspecified atom stereocenters. The second kappa shape index (κ2) is 42.6. The van der Waals surface area contributed by atoms with Crippen molar-refractivity contribution in [2.24, 2.45) is 28.7 Å². The molecule has 0 aliphatic carbocycles. The number of nitrogens with zero attached hydrogens (tertiary/aromatic N) is 3. The summed E-state index contributed by atoms with van der Waals surface area (Å²) in [6, 6.07) is 8.75. The van der Waals surface area contributed by atoms with Gasteiger partial charge in [-0.15, -0.1) is 6.58 Å². The molecule has 21 heteroatoms. The Hall–Kier alpha value is -2.53. The molecule has 0 saturated heterocycles. The van der Waals surface area contributed by atoms with Crippen molar-refractivity contribution in [3.8, 4) is 0 Å². The highest BCUT2D eigenvalue weighted by atomic mass is 32.2. The number of guanidine groups is 2. The summed E-state index contributed by atoms with van der Waals surface area (Å²) in [5.74, 6) is 13.0. The molecule has 0 fully saturated rings. The van der Waals surface area contributed by atoms with E-state index in [1.165, 1.54) is 11.1 Å². The smallest absolute Gasteiger partial charge is 0.338 e. The highest BCUT2D eigenvalue weighted by Crippen LogP contribution is 2.19. The lowest BCUT2D eigenvalue weighted by Crippen LogP contribution is -2.79. The largest absolute Gasteiger partial charge is 0.340 e. The number of nitrogens with one attached hydrogen (secondary N) is 3. The van der Waals surface area contributed by atoms with Crippen LogP contribution in [0.2, 0.25) is 0 Å². The van der Waals surface area contributed by atoms with Crippen molar-refractivity contribution < 1.29 is 30.1 Å². The third kappa shape index (κ3) is 35.6. The Labute approximate surface area is 422 Å². The van der Waals surface area contributed by atoms with Crippen molar-refractivity contribution >= 4 is 100 Å². The van der Waals surface area contributed by atoms with Crippen LogP contribution in [0, 0.1) is 0 Å². The van der Waals surface area contributed by atoms with Gasteiger partial charge in [-0.25, -0.2) is 0 Å². The minimum atomic E-state index is 0.141. The number of hydrogen-bond acceptors (Lipinski definition) is 11. The summed E-state index contributed by atoms with van der Waals surface area (Å²) in [6.07, 6.45) is 8.44. The van der Waals surface area contributed by atoms with Crippen LogP contribution < -0.4 is 49.7 Å². The minimum Gasteiger partial charge on any atom is -0.340 e. The van der Waals surface area contributed by atoms with Gasteiger partial charge in [-0.2, -0.15) is 70.6 Å². The zero-order valence-corrected chi connectivity index (χ0v) is 44.5. The summed E-state index contributed by atoms with van der Waals surface area (Å²) in [5.41, 5.74) is 34.2. The average molecular weight is 1030 g/mol. The number of quaternary nitrogens is 1. The Morgan fingerprint density at radius 2 is 0.970 bits per heavy atom. The van der Waals surface area contributed by atoms with Crippen LogP contribution >= 0.6 is 70.6 Å². The molecule has 0 aromatic heterocycles. The molecule has 0 aliphatic rings. The predicted molar refractivity (Wildman–Crippen MR) is 292 cm³/mol. The van der Waals surface area contributed by atoms with E-state index in [0.29, 0.717) is 84.0 Å². The van der Waals surface area contributed by atoms with E-state index in [9.17, 15) is 14.4 Å². The van der Waals surface area contributed by atoms with Gasteiger partial charge >= 0.3 is 11.9 Å². The van der Waals surface area contributed by atoms with Gasteiger partial charge in [0, 0.05) is 80.8 Å². The van der Waals surface area contributed by atoms with Gasteiger partial charge in [0.1, 0.15) is 0 Å². The molecule has 0 radical (unpaired) electrons. The molecular formula is C45H85N12O3S6+3. The van der Waals surface area contributed by atoms with Gasteiger partial charge in [0.05, 0.1) is 26.2 Å². The first-order chi connectivity index (χ1) is 32.0. The molecule has 1 aromatic rings. The van der Waals surface area contributed by atoms with Gasteiger partial charge in [0.15, 0.2) is 5.82 Å². The van der Waals surface area contributed by atoms with Crippen molar-refractivity contribution in [1.82, 2.24) is 20.0 Å². The summed E-state index contributed by atoms with van der Waals surface area (Å²) in [6.45, 7) is 13.6. The van der Waals surface area contributed by atoms with Crippen molar-refractivity contribution in [3.63, 3.8) is 0 Å². The first kappa shape index (κ1) is 61.5. The molecule has 15 nitrogen and oxygen atoms in total. The summed E-state index contributed by atoms with van der Waals surface area (Å²) in [7, 11) is 0. The minimum absolute atomic E-state index is 0.141. The van der Waals surface area contributed by atoms with Crippen LogP contribution in [0.3, 0.4) is 0 Å². The lowest BCUT2D eigenvalue weighted by atomic mass is 10.2. The van der Waals surface area contributed by atoms with Gasteiger partial charge in [-0.05, 0) is 96.6 Å². The summed E-state index contributed by atoms with van der Waals surface area (Å²) in [5, 5.41) is 3.07. The fourth-order valence-corrected chi connectivity index (χ4v) is 11.8. The number of benzene rings is 1. The van der Waals surface area contributed by atoms with Crippen molar-refractivity contribution in [3.05, 3.63) is 60.4 Å². The first-order valence-corrected chi connectivity index (χ1v) is 30.1. The lowest BCUT2D eigenvalue weighted by molar-refractivity contribution is -0.459. The van der Waals surface area contributed by atoms with Gasteiger partial charge < -0.3 is 31.5 Å². The fraction of sp³-hybridized carbons (Fsp3) is 0.667. The zero-order chi connectivity index (χ0) is 48.5. The number of thioether (sulfide) groups is 6. The zero-order valence-electron chi connectivity index (χ0n) is 39.6. The van der Waals surface area contributed by atoms with E-state index in [1.807, 2.05) is 73.5 Å². The number of hydrogen-bond donors (Lipinski definition) is 9. The van der Waals surface area contributed by atoms with E-state index >= 15 is 0 Å². The maximum Gasteiger partial charge on any atom is 0.338 e. The van der Waals surface area contributed by atoms with Gasteiger partial charge in [0.2, 0.25) is 17.7 Å². The van der Waals surface area contributed by atoms with Gasteiger partial charge in [-0.1, -0.05) is 30.3 Å². The summed E-state index contributed by atoms with van der Waals surface area (Å²) < 4.78 is 0. The lowest BCUT2D eigenvalue weighted by Gasteiger charge is -2.22. The molecule has 3 amide bonds. The van der Waals surface area contributed by atoms with E-state index < -0.39 is 0 Å². The normalized spacial score (nSPS) is 10.9. The molecule has 376 valence electrons. The number of carbonyl (C=O) groups excluding carboxylic acids is 3. The van der Waals surface area contributed by atoms with Crippen LogP contribution in [0.1, 0.15) is 62.5 Å². The van der Waals surface area contributed by atoms with Crippen molar-refractivity contribution in [1.29, 1.82) is 0 Å². The molecular weight excluding hydrogens is 949 g/mol. The highest BCUT2D eigenvalue weighted by molar-refractivity contribution is 8.00. The standard InChI is InChI=1S/C45H82N12O3S6/c1-3-20-55(23-17-52-38(2)47)41(58)13-33-63-32-8-30-62-27-5-21-56(24-18-53-44(48)49)43(60)15-35-66-37-40-11-9-39(10-12-40)36-65-28-6-22-57(25-19-54-45(50)51)42(59)14-34-64-31-7-29-61-26-4-16-46/h3,9-12,52H,1-2,4-8,13-37,46-47H2,(H4,48,49,53)(H4,50,51,54)/p+3. The Balaban J connectivity index is 2.35. The Morgan fingerprint density at radius 3 is 1.41 bits per heavy atom. The molecule has 1 rings (SSSR count). The number of nitrogens with two attached hydrogens (primary N) is 5. The number of rotatable bonds is 44. The van der Waals surface area contributed by atoms with Crippen LogP contribution in [0.4, 0.5) is 0 Å². The topological polar surface area (TPSA) is 259 Å². The SMILES string of the molecule is C=CCN(CCNC(=C)[NH3+])C(=O)CCSCCCSCCCN(CC[NH+]=C(N)N)C(=O)CCSCc1ccc(CSCCCN(CC[NH+]=C(N)N)C(=O)CCSCCCSCCCN)cc1. The molecule has 1 aromatic carbocycles. The fourth-order valence-electron chi connectivity index (χ4n) is 6.13. The molecule has 16 N–H and O–H groups in total. The molecule has 66 heavy (non-hydrogen) atoms. The van der Waals surface area contributed by atoms with Crippen LogP contribution in [0.5, 0.6) is 0 Å². The third-order valence-corrected chi connectivity index (χ3v) is 16.2. The Bertz CT molecular complexity index is 1520. The molecule has 0 atom stereocenters. The molecule has 0 spiro atoms. The maximum absolute atomic E-state index is 13.3. The van der Waals surface area contributed by atoms with Crippen LogP contribution in [0.15, 0.2) is 49.3 Å². The highest BCUT2D eigenvalue weighted by Gasteiger charge is 2.16. The van der Waals surface area contributed by atoms with Crippen molar-refractivity contribution in [2.45, 2.75) is 62.9 Å². The average Bonchev–Trinajstić information content (AvgIpc) is 3.28. The van der Waals surface area contributed by atoms with Crippen LogP contribution in [0.25, 0.3) is 0 Å². The molecule has 0 aliphatic heterocycles. The predicted octanol–water partition coefficient (Wildman–Crippen LogP) is -0.152. The number of amides is 3. The molecule has 0 bridgehead atoms. The van der Waals surface area contributed by atoms with E-state index in [0.717, 1.165) is 108 Å². The quantitative estimate of drug-likeness (QED) is 0.0178. The van der Waals surface area contributed by atoms with Gasteiger partial charge in [-0.3, -0.25) is 47.3 Å². The monoisotopic (exact) mass is 1030 g/mol. The van der Waals surface area contributed by atoms with E-state index in [4.69, 9.17) is 28.7 Å². The summed E-state index contributed by atoms with van der Waals surface area (Å²) in [4.78, 5) is 50.5. The molecule has 0 saturated carbocycles. The van der Waals surface area contributed by atoms with Gasteiger partial charge in [0.25, 0.3) is 0 Å². The Morgan fingerprint density at radius 1 is 0.576 bits per heavy atom. The Kier molecular flexibility index (Phi) is 39.7. The third-order valence-electron chi connectivity index (χ3n) is 9.61. The summed E-state index contributed by atoms with van der Waals surface area (Å²) >= 11 is 11.2.